The Morgan fingerprint density at radius 2 is 0.687 bits per heavy atom. The molecule has 0 fully saturated rings. The maximum absolute atomic E-state index is 14.4. The first kappa shape index (κ1) is 49.3. The molecule has 0 amide bonds. The number of halogens is 1. The second-order valence-corrected chi connectivity index (χ2v) is 22.4. The number of para-hydroxylation sites is 2. The first-order valence-corrected chi connectivity index (χ1v) is 27.8. The number of rotatable bonds is 6. The van der Waals surface area contributed by atoms with Crippen molar-refractivity contribution in [3.8, 4) is 85.8 Å². The van der Waals surface area contributed by atoms with Crippen molar-refractivity contribution in [1.82, 2.24) is 39.0 Å². The Morgan fingerprint density at radius 1 is 0.337 bits per heavy atom. The van der Waals surface area contributed by atoms with Crippen LogP contribution >= 0.6 is 0 Å². The number of fused-ring (bicyclic) bond motifs is 12. The summed E-state index contributed by atoms with van der Waals surface area (Å²) in [5.74, 6) is 3.41. The monoisotopic (exact) mass is 1070 g/mol. The first-order valence-electron chi connectivity index (χ1n) is 27.8. The molecule has 2 aliphatic rings. The van der Waals surface area contributed by atoms with Crippen molar-refractivity contribution >= 4 is 43.6 Å². The molecule has 0 spiro atoms. The van der Waals surface area contributed by atoms with Crippen LogP contribution < -0.4 is 0 Å². The molecule has 0 saturated heterocycles. The van der Waals surface area contributed by atoms with Crippen molar-refractivity contribution in [3.05, 3.63) is 264 Å². The van der Waals surface area contributed by atoms with Gasteiger partial charge in [0.25, 0.3) is 0 Å². The second kappa shape index (κ2) is 18.9. The SMILES string of the molecule is CC1(C)c2cc(C#N)ccc2-c2cc3c4ccccc4n(-c4nc(-c5ccccc5)nc(-c5ccccc5)n4)c3cc21.CC1(C)c2cc(F)ccc2-c2cc3c4ccccc4n(-c4nc(-c5ccccc5)nc(-c5ccccc5)n4)c3cc21. The van der Waals surface area contributed by atoms with Crippen LogP contribution in [-0.2, 0) is 10.8 Å². The molecule has 14 aromatic rings. The Kier molecular flexibility index (Phi) is 11.2. The minimum atomic E-state index is -0.355. The Balaban J connectivity index is 0.000000142. The van der Waals surface area contributed by atoms with Gasteiger partial charge in [-0.15, -0.1) is 0 Å². The molecule has 0 bridgehead atoms. The average Bonchev–Trinajstić information content (AvgIpc) is 2.39. The molecule has 394 valence electrons. The van der Waals surface area contributed by atoms with Gasteiger partial charge in [-0.05, 0) is 105 Å². The van der Waals surface area contributed by atoms with Gasteiger partial charge in [0.15, 0.2) is 23.3 Å². The minimum Gasteiger partial charge on any atom is -0.278 e. The van der Waals surface area contributed by atoms with Gasteiger partial charge in [-0.2, -0.15) is 25.2 Å². The number of aromatic nitrogens is 8. The topological polar surface area (TPSA) is 111 Å². The zero-order chi connectivity index (χ0) is 56.1. The highest BCUT2D eigenvalue weighted by molar-refractivity contribution is 6.13. The van der Waals surface area contributed by atoms with Crippen molar-refractivity contribution in [2.45, 2.75) is 38.5 Å². The van der Waals surface area contributed by atoms with E-state index in [1.807, 2.05) is 146 Å². The summed E-state index contributed by atoms with van der Waals surface area (Å²) < 4.78 is 18.7. The molecule has 4 aromatic heterocycles. The van der Waals surface area contributed by atoms with Crippen molar-refractivity contribution in [3.63, 3.8) is 0 Å². The quantitative estimate of drug-likeness (QED) is 0.163. The highest BCUT2D eigenvalue weighted by atomic mass is 19.1. The number of nitrogens with zero attached hydrogens (tertiary/aromatic N) is 9. The standard InChI is InChI=1S/C37H25N5.C36H25FN4/c1-37(2)30-19-23(22-38)17-18-26(30)28-20-29-27-15-9-10-16-32(27)42(33(29)21-31(28)37)36-40-34(24-11-5-3-6-12-24)39-35(41-36)25-13-7-4-8-14-25;1-36(2)29-19-24(37)17-18-25(29)27-20-28-26-15-9-10-16-31(26)41(32(28)21-30(27)36)35-39-33(22-11-5-3-6-12-22)38-34(40-35)23-13-7-4-8-14-23/h3-21H,1-2H3;3-21H,1-2H3. The molecule has 0 saturated carbocycles. The number of benzene rings is 10. The fraction of sp³-hybridized carbons (Fsp3) is 0.0822. The Morgan fingerprint density at radius 3 is 1.08 bits per heavy atom. The van der Waals surface area contributed by atoms with E-state index >= 15 is 0 Å². The summed E-state index contributed by atoms with van der Waals surface area (Å²) >= 11 is 0. The fourth-order valence-corrected chi connectivity index (χ4v) is 12.7. The van der Waals surface area contributed by atoms with Crippen molar-refractivity contribution in [1.29, 1.82) is 5.26 Å². The summed E-state index contributed by atoms with van der Waals surface area (Å²) in [6.07, 6.45) is 0. The van der Waals surface area contributed by atoms with E-state index in [4.69, 9.17) is 29.9 Å². The van der Waals surface area contributed by atoms with Crippen molar-refractivity contribution < 1.29 is 4.39 Å². The molecule has 10 heteroatoms. The summed E-state index contributed by atoms with van der Waals surface area (Å²) in [6, 6.07) is 79.6. The van der Waals surface area contributed by atoms with Crippen LogP contribution in [-0.4, -0.2) is 39.0 Å². The third-order valence-corrected chi connectivity index (χ3v) is 16.8. The molecule has 4 heterocycles. The van der Waals surface area contributed by atoms with Gasteiger partial charge in [0.1, 0.15) is 5.82 Å². The maximum atomic E-state index is 14.4. The number of hydrogen-bond donors (Lipinski definition) is 0. The third-order valence-electron chi connectivity index (χ3n) is 16.8. The Hall–Kier alpha value is -10.8. The van der Waals surface area contributed by atoms with Crippen molar-refractivity contribution in [2.75, 3.05) is 0 Å². The predicted molar refractivity (Wildman–Crippen MR) is 330 cm³/mol. The molecule has 0 N–H and O–H groups in total. The van der Waals surface area contributed by atoms with Gasteiger partial charge in [0.05, 0.1) is 33.7 Å². The van der Waals surface area contributed by atoms with Crippen LogP contribution in [0.3, 0.4) is 0 Å². The summed E-state index contributed by atoms with van der Waals surface area (Å²) in [6.45, 7) is 8.81. The van der Waals surface area contributed by atoms with E-state index in [2.05, 4.69) is 116 Å². The molecular weight excluding hydrogens is 1020 g/mol. The van der Waals surface area contributed by atoms with Gasteiger partial charge in [0, 0.05) is 54.6 Å². The lowest BCUT2D eigenvalue weighted by Crippen LogP contribution is -2.15. The van der Waals surface area contributed by atoms with Gasteiger partial charge in [-0.3, -0.25) is 9.13 Å². The highest BCUT2D eigenvalue weighted by Gasteiger charge is 2.38. The van der Waals surface area contributed by atoms with E-state index < -0.39 is 0 Å². The van der Waals surface area contributed by atoms with Crippen LogP contribution in [0.2, 0.25) is 0 Å². The lowest BCUT2D eigenvalue weighted by Gasteiger charge is -2.22. The molecule has 0 aliphatic heterocycles. The van der Waals surface area contributed by atoms with Gasteiger partial charge in [-0.25, -0.2) is 14.4 Å². The lowest BCUT2D eigenvalue weighted by molar-refractivity contribution is 0.609. The van der Waals surface area contributed by atoms with E-state index in [0.29, 0.717) is 40.8 Å². The molecule has 2 aliphatic carbocycles. The number of nitriles is 1. The summed E-state index contributed by atoms with van der Waals surface area (Å²) in [5.41, 5.74) is 17.1. The summed E-state index contributed by atoms with van der Waals surface area (Å²) in [5, 5.41) is 14.1. The molecule has 0 unspecified atom stereocenters. The van der Waals surface area contributed by atoms with Gasteiger partial charge in [-0.1, -0.05) is 198 Å². The third kappa shape index (κ3) is 7.95. The smallest absolute Gasteiger partial charge is 0.238 e. The molecule has 0 radical (unpaired) electrons. The van der Waals surface area contributed by atoms with E-state index in [-0.39, 0.29) is 16.6 Å². The summed E-state index contributed by atoms with van der Waals surface area (Å²) in [7, 11) is 0. The van der Waals surface area contributed by atoms with E-state index in [0.717, 1.165) is 88.1 Å². The van der Waals surface area contributed by atoms with Gasteiger partial charge < -0.3 is 0 Å². The van der Waals surface area contributed by atoms with Gasteiger partial charge >= 0.3 is 0 Å². The van der Waals surface area contributed by atoms with Crippen LogP contribution in [0.15, 0.2) is 231 Å². The van der Waals surface area contributed by atoms with Crippen LogP contribution in [0.25, 0.3) is 123 Å². The average molecular weight is 1070 g/mol. The second-order valence-electron chi connectivity index (χ2n) is 22.4. The molecule has 16 rings (SSSR count). The van der Waals surface area contributed by atoms with Crippen LogP contribution in [0.1, 0.15) is 55.5 Å². The predicted octanol–water partition coefficient (Wildman–Crippen LogP) is 17.2. The zero-order valence-electron chi connectivity index (χ0n) is 45.8. The minimum absolute atomic E-state index is 0.212. The normalized spacial score (nSPS) is 13.3. The van der Waals surface area contributed by atoms with Crippen molar-refractivity contribution in [2.24, 2.45) is 0 Å². The van der Waals surface area contributed by atoms with Crippen LogP contribution in [0.4, 0.5) is 4.39 Å². The summed E-state index contributed by atoms with van der Waals surface area (Å²) in [4.78, 5) is 30.0. The van der Waals surface area contributed by atoms with Gasteiger partial charge in [0.2, 0.25) is 11.9 Å². The van der Waals surface area contributed by atoms with Crippen LogP contribution in [0, 0.1) is 17.1 Å². The Bertz CT molecular complexity index is 4870. The highest BCUT2D eigenvalue weighted by Crippen LogP contribution is 2.53. The molecule has 10 aromatic carbocycles. The first-order chi connectivity index (χ1) is 40.5. The zero-order valence-corrected chi connectivity index (χ0v) is 45.8. The molecular formula is C73H50FN9. The van der Waals surface area contributed by atoms with E-state index in [1.54, 1.807) is 12.1 Å². The van der Waals surface area contributed by atoms with Crippen LogP contribution in [0.5, 0.6) is 0 Å². The lowest BCUT2D eigenvalue weighted by atomic mass is 9.82. The molecule has 0 atom stereocenters. The van der Waals surface area contributed by atoms with E-state index in [9.17, 15) is 9.65 Å². The molecule has 9 nitrogen and oxygen atoms in total. The maximum Gasteiger partial charge on any atom is 0.238 e. The Labute approximate surface area is 478 Å². The largest absolute Gasteiger partial charge is 0.278 e. The number of hydrogen-bond acceptors (Lipinski definition) is 7. The fourth-order valence-electron chi connectivity index (χ4n) is 12.7. The molecule has 83 heavy (non-hydrogen) atoms. The van der Waals surface area contributed by atoms with E-state index in [1.165, 1.54) is 22.3 Å².